The normalized spacial score (nSPS) is 17.5. The number of likely N-dealkylation sites (tertiary alicyclic amines) is 1. The van der Waals surface area contributed by atoms with Gasteiger partial charge in [0.25, 0.3) is 0 Å². The molecule has 1 aliphatic rings. The number of nitrogens with two attached hydrogens (primary N) is 1. The van der Waals surface area contributed by atoms with E-state index in [9.17, 15) is 5.26 Å². The van der Waals surface area contributed by atoms with Gasteiger partial charge in [0, 0.05) is 30.3 Å². The molecule has 1 saturated heterocycles. The maximum atomic E-state index is 9.22. The summed E-state index contributed by atoms with van der Waals surface area (Å²) in [6.07, 6.45) is 4.63. The molecule has 0 aromatic carbocycles. The smallest absolute Gasteiger partial charge is 0.146 e. The second-order valence-electron chi connectivity index (χ2n) is 6.76. The van der Waals surface area contributed by atoms with Gasteiger partial charge >= 0.3 is 0 Å². The van der Waals surface area contributed by atoms with Crippen molar-refractivity contribution in [3.05, 3.63) is 42.4 Å². The van der Waals surface area contributed by atoms with E-state index < -0.39 is 0 Å². The minimum Gasteiger partial charge on any atom is -0.491 e. The van der Waals surface area contributed by atoms with E-state index in [4.69, 9.17) is 10.5 Å². The number of fused-ring (bicyclic) bond motifs is 1. The average Bonchev–Trinajstić information content (AvgIpc) is 3.23. The van der Waals surface area contributed by atoms with Crippen molar-refractivity contribution in [2.75, 3.05) is 32.5 Å². The van der Waals surface area contributed by atoms with Crippen LogP contribution in [0.1, 0.15) is 12.1 Å². The lowest BCUT2D eigenvalue weighted by molar-refractivity contribution is 0.249. The fourth-order valence-electron chi connectivity index (χ4n) is 3.40. The highest BCUT2D eigenvalue weighted by Gasteiger charge is 2.21. The number of pyridine rings is 2. The lowest BCUT2D eigenvalue weighted by Gasteiger charge is -2.15. The topological polar surface area (TPSA) is 92.5 Å². The highest BCUT2D eigenvalue weighted by atomic mass is 16.5. The van der Waals surface area contributed by atoms with Crippen LogP contribution >= 0.6 is 0 Å². The second-order valence-corrected chi connectivity index (χ2v) is 6.76. The summed E-state index contributed by atoms with van der Waals surface area (Å²) in [6, 6.07) is 9.59. The van der Waals surface area contributed by atoms with Crippen molar-refractivity contribution in [3.8, 4) is 22.9 Å². The molecule has 1 fully saturated rings. The predicted molar refractivity (Wildman–Crippen MR) is 98.6 cm³/mol. The van der Waals surface area contributed by atoms with Crippen LogP contribution in [-0.4, -0.2) is 46.2 Å². The molecule has 0 amide bonds. The number of anilines is 1. The molecule has 1 atom stereocenters. The summed E-state index contributed by atoms with van der Waals surface area (Å²) >= 11 is 0. The van der Waals surface area contributed by atoms with Gasteiger partial charge in [-0.2, -0.15) is 10.4 Å². The van der Waals surface area contributed by atoms with Gasteiger partial charge in [-0.3, -0.25) is 0 Å². The summed E-state index contributed by atoms with van der Waals surface area (Å²) in [5.41, 5.74) is 8.81. The van der Waals surface area contributed by atoms with E-state index in [0.717, 1.165) is 36.2 Å². The molecule has 26 heavy (non-hydrogen) atoms. The zero-order valence-corrected chi connectivity index (χ0v) is 14.6. The van der Waals surface area contributed by atoms with Gasteiger partial charge in [-0.25, -0.2) is 9.50 Å². The predicted octanol–water partition coefficient (Wildman–Crippen LogP) is 2.18. The van der Waals surface area contributed by atoms with Crippen molar-refractivity contribution >= 4 is 11.3 Å². The van der Waals surface area contributed by atoms with Gasteiger partial charge in [0.2, 0.25) is 0 Å². The second kappa shape index (κ2) is 6.65. The molecule has 0 bridgehead atoms. The van der Waals surface area contributed by atoms with Crippen LogP contribution in [0.2, 0.25) is 0 Å². The fourth-order valence-corrected chi connectivity index (χ4v) is 3.40. The van der Waals surface area contributed by atoms with Crippen molar-refractivity contribution in [1.29, 1.82) is 5.26 Å². The molecule has 4 heterocycles. The van der Waals surface area contributed by atoms with Gasteiger partial charge < -0.3 is 15.4 Å². The van der Waals surface area contributed by atoms with E-state index in [1.54, 1.807) is 16.8 Å². The van der Waals surface area contributed by atoms with E-state index in [0.29, 0.717) is 29.8 Å². The summed E-state index contributed by atoms with van der Waals surface area (Å²) in [4.78, 5) is 6.49. The maximum Gasteiger partial charge on any atom is 0.146 e. The molecule has 0 saturated carbocycles. The Labute approximate surface area is 151 Å². The number of nitrogens with zero attached hydrogens (tertiary/aromatic N) is 5. The fraction of sp³-hybridized carbons (Fsp3) is 0.316. The molecule has 132 valence electrons. The van der Waals surface area contributed by atoms with E-state index in [1.165, 1.54) is 0 Å². The van der Waals surface area contributed by atoms with Gasteiger partial charge in [0.1, 0.15) is 23.3 Å². The molecule has 7 nitrogen and oxygen atoms in total. The third-order valence-electron chi connectivity index (χ3n) is 4.74. The van der Waals surface area contributed by atoms with E-state index in [1.807, 2.05) is 24.4 Å². The number of hydrogen-bond acceptors (Lipinski definition) is 6. The van der Waals surface area contributed by atoms with Gasteiger partial charge in [0.05, 0.1) is 18.3 Å². The van der Waals surface area contributed by atoms with Crippen LogP contribution in [0.25, 0.3) is 16.6 Å². The molecular formula is C19H20N6O. The highest BCUT2D eigenvalue weighted by Crippen LogP contribution is 2.32. The Morgan fingerprint density at radius 3 is 3.04 bits per heavy atom. The Balaban J connectivity index is 1.67. The van der Waals surface area contributed by atoms with Crippen LogP contribution in [0.3, 0.4) is 0 Å². The molecule has 1 aliphatic heterocycles. The lowest BCUT2D eigenvalue weighted by atomic mass is 10.1. The summed E-state index contributed by atoms with van der Waals surface area (Å²) in [7, 11) is 2.13. The first kappa shape index (κ1) is 16.4. The summed E-state index contributed by atoms with van der Waals surface area (Å²) in [5, 5.41) is 13.4. The summed E-state index contributed by atoms with van der Waals surface area (Å²) < 4.78 is 7.82. The highest BCUT2D eigenvalue weighted by molar-refractivity contribution is 5.75. The Hall–Kier alpha value is -3.11. The third-order valence-corrected chi connectivity index (χ3v) is 4.74. The number of ether oxygens (including phenoxy) is 1. The van der Waals surface area contributed by atoms with Gasteiger partial charge in [0.15, 0.2) is 0 Å². The first-order chi connectivity index (χ1) is 12.6. The van der Waals surface area contributed by atoms with E-state index in [2.05, 4.69) is 28.1 Å². The Kier molecular flexibility index (Phi) is 4.19. The minimum absolute atomic E-state index is 0.362. The van der Waals surface area contributed by atoms with Crippen LogP contribution in [0, 0.1) is 17.2 Å². The van der Waals surface area contributed by atoms with Crippen molar-refractivity contribution in [2.24, 2.45) is 5.92 Å². The quantitative estimate of drug-likeness (QED) is 0.777. The van der Waals surface area contributed by atoms with E-state index in [-0.39, 0.29) is 0 Å². The van der Waals surface area contributed by atoms with Crippen LogP contribution in [-0.2, 0) is 0 Å². The first-order valence-electron chi connectivity index (χ1n) is 8.59. The van der Waals surface area contributed by atoms with Crippen molar-refractivity contribution in [1.82, 2.24) is 19.5 Å². The van der Waals surface area contributed by atoms with Gasteiger partial charge in [-0.1, -0.05) is 0 Å². The summed E-state index contributed by atoms with van der Waals surface area (Å²) in [6.45, 7) is 2.79. The zero-order valence-electron chi connectivity index (χ0n) is 14.6. The molecule has 3 aromatic heterocycles. The lowest BCUT2D eigenvalue weighted by Crippen LogP contribution is -2.18. The number of aromatic nitrogens is 3. The number of rotatable bonds is 4. The molecular weight excluding hydrogens is 328 g/mol. The van der Waals surface area contributed by atoms with Crippen molar-refractivity contribution < 1.29 is 4.74 Å². The van der Waals surface area contributed by atoms with Crippen LogP contribution in [0.4, 0.5) is 5.82 Å². The zero-order chi connectivity index (χ0) is 18.1. The first-order valence-corrected chi connectivity index (χ1v) is 8.59. The Morgan fingerprint density at radius 1 is 1.38 bits per heavy atom. The Bertz CT molecular complexity index is 989. The van der Waals surface area contributed by atoms with Crippen LogP contribution in [0.5, 0.6) is 5.75 Å². The molecule has 0 radical (unpaired) electrons. The van der Waals surface area contributed by atoms with Crippen LogP contribution in [0.15, 0.2) is 36.7 Å². The van der Waals surface area contributed by atoms with Crippen LogP contribution < -0.4 is 10.5 Å². The largest absolute Gasteiger partial charge is 0.491 e. The monoisotopic (exact) mass is 348 g/mol. The SMILES string of the molecule is CN1CC[C@@H](COc2cnc(C#N)cc2-c2ccn3nc(N)cc3c2)C1. The van der Waals surface area contributed by atoms with E-state index >= 15 is 0 Å². The van der Waals surface area contributed by atoms with Gasteiger partial charge in [-0.05, 0) is 43.8 Å². The number of nitriles is 1. The van der Waals surface area contributed by atoms with Crippen molar-refractivity contribution in [2.45, 2.75) is 6.42 Å². The molecule has 3 aromatic rings. The molecule has 0 aliphatic carbocycles. The molecule has 0 spiro atoms. The molecule has 7 heteroatoms. The number of nitrogen functional groups attached to an aromatic ring is 1. The minimum atomic E-state index is 0.362. The van der Waals surface area contributed by atoms with Crippen molar-refractivity contribution in [3.63, 3.8) is 0 Å². The number of hydrogen-bond donors (Lipinski definition) is 1. The maximum absolute atomic E-state index is 9.22. The summed E-state index contributed by atoms with van der Waals surface area (Å²) in [5.74, 6) is 1.67. The molecule has 4 rings (SSSR count). The third kappa shape index (κ3) is 3.19. The Morgan fingerprint density at radius 2 is 2.27 bits per heavy atom. The molecule has 0 unspecified atom stereocenters. The standard InChI is InChI=1S/C19H20N6O/c1-24-4-2-13(11-24)12-26-18-10-22-15(9-20)7-17(18)14-3-5-25-16(6-14)8-19(21)23-25/h3,5-8,10,13H,2,4,11-12H2,1H3,(H2,21,23)/t13-/m1/s1. The van der Waals surface area contributed by atoms with Gasteiger partial charge in [-0.15, -0.1) is 0 Å². The average molecular weight is 348 g/mol. The molecule has 2 N–H and O–H groups in total.